The highest BCUT2D eigenvalue weighted by Crippen LogP contribution is 2.22. The van der Waals surface area contributed by atoms with Gasteiger partial charge in [0.05, 0.1) is 16.6 Å². The van der Waals surface area contributed by atoms with Crippen LogP contribution in [0.5, 0.6) is 0 Å². The number of carbonyl (C=O) groups excluding carboxylic acids is 2. The molecule has 1 atom stereocenters. The van der Waals surface area contributed by atoms with E-state index >= 15 is 0 Å². The Morgan fingerprint density at radius 1 is 1.17 bits per heavy atom. The molecule has 1 heterocycles. The van der Waals surface area contributed by atoms with Crippen LogP contribution in [0.4, 0.5) is 0 Å². The minimum atomic E-state index is -0.975. The number of aryl methyl sites for hydroxylation is 1. The van der Waals surface area contributed by atoms with Gasteiger partial charge in [0.15, 0.2) is 6.10 Å². The summed E-state index contributed by atoms with van der Waals surface area (Å²) in [4.78, 5) is 27.6. The predicted molar refractivity (Wildman–Crippen MR) is 89.9 cm³/mol. The van der Waals surface area contributed by atoms with Gasteiger partial charge in [-0.05, 0) is 44.2 Å². The smallest absolute Gasteiger partial charge is 0.338 e. The summed E-state index contributed by atoms with van der Waals surface area (Å²) in [6, 6.07) is 15.0. The highest BCUT2D eigenvalue weighted by molar-refractivity contribution is 5.95. The summed E-state index contributed by atoms with van der Waals surface area (Å²) in [5, 5.41) is 0. The summed E-state index contributed by atoms with van der Waals surface area (Å²) >= 11 is 0. The second-order valence-corrected chi connectivity index (χ2v) is 5.48. The van der Waals surface area contributed by atoms with Crippen LogP contribution in [0.25, 0.3) is 16.7 Å². The summed E-state index contributed by atoms with van der Waals surface area (Å²) in [5.41, 5.74) is 8.00. The highest BCUT2D eigenvalue weighted by atomic mass is 16.5. The molecule has 2 N–H and O–H groups in total. The van der Waals surface area contributed by atoms with E-state index in [0.717, 1.165) is 17.0 Å². The number of amides is 1. The number of para-hydroxylation sites is 1. The van der Waals surface area contributed by atoms with Gasteiger partial charge in [0.25, 0.3) is 5.91 Å². The first-order valence-electron chi connectivity index (χ1n) is 7.52. The van der Waals surface area contributed by atoms with Gasteiger partial charge in [-0.2, -0.15) is 0 Å². The zero-order chi connectivity index (χ0) is 17.3. The zero-order valence-corrected chi connectivity index (χ0v) is 13.4. The van der Waals surface area contributed by atoms with Crippen LogP contribution in [-0.4, -0.2) is 27.5 Å². The molecule has 0 saturated carbocycles. The number of carbonyl (C=O) groups is 2. The molecular formula is C18H17N3O3. The second-order valence-electron chi connectivity index (χ2n) is 5.48. The third kappa shape index (κ3) is 2.86. The first kappa shape index (κ1) is 15.7. The van der Waals surface area contributed by atoms with E-state index in [2.05, 4.69) is 4.98 Å². The molecule has 6 heteroatoms. The van der Waals surface area contributed by atoms with E-state index in [0.29, 0.717) is 11.1 Å². The number of hydrogen-bond donors (Lipinski definition) is 1. The molecule has 0 radical (unpaired) electrons. The van der Waals surface area contributed by atoms with Gasteiger partial charge in [-0.1, -0.05) is 18.2 Å². The first-order valence-corrected chi connectivity index (χ1v) is 7.52. The SMILES string of the molecule is Cc1nc2cc(C(=O)O[C@@H](C)C(N)=O)ccc2n1-c1ccccc1. The van der Waals surface area contributed by atoms with Gasteiger partial charge in [0.1, 0.15) is 5.82 Å². The fraction of sp³-hybridized carbons (Fsp3) is 0.167. The Labute approximate surface area is 138 Å². The Morgan fingerprint density at radius 2 is 1.88 bits per heavy atom. The number of esters is 1. The molecule has 2 aromatic carbocycles. The van der Waals surface area contributed by atoms with Gasteiger partial charge in [-0.3, -0.25) is 9.36 Å². The van der Waals surface area contributed by atoms with E-state index in [9.17, 15) is 9.59 Å². The molecule has 3 aromatic rings. The number of ether oxygens (including phenoxy) is 1. The third-order valence-electron chi connectivity index (χ3n) is 3.76. The lowest BCUT2D eigenvalue weighted by Crippen LogP contribution is -2.30. The van der Waals surface area contributed by atoms with Crippen molar-refractivity contribution in [1.82, 2.24) is 9.55 Å². The van der Waals surface area contributed by atoms with Gasteiger partial charge >= 0.3 is 5.97 Å². The lowest BCUT2D eigenvalue weighted by Gasteiger charge is -2.10. The molecule has 6 nitrogen and oxygen atoms in total. The number of aromatic nitrogens is 2. The first-order chi connectivity index (χ1) is 11.5. The maximum Gasteiger partial charge on any atom is 0.338 e. The van der Waals surface area contributed by atoms with Gasteiger partial charge in [-0.25, -0.2) is 9.78 Å². The molecule has 0 fully saturated rings. The quantitative estimate of drug-likeness (QED) is 0.747. The Balaban J connectivity index is 1.99. The molecule has 0 spiro atoms. The van der Waals surface area contributed by atoms with Gasteiger partial charge in [0.2, 0.25) is 0 Å². The van der Waals surface area contributed by atoms with Crippen molar-refractivity contribution in [1.29, 1.82) is 0 Å². The zero-order valence-electron chi connectivity index (χ0n) is 13.4. The van der Waals surface area contributed by atoms with Crippen LogP contribution in [0.1, 0.15) is 23.1 Å². The summed E-state index contributed by atoms with van der Waals surface area (Å²) in [5.74, 6) is -0.476. The highest BCUT2D eigenvalue weighted by Gasteiger charge is 2.18. The molecule has 3 rings (SSSR count). The van der Waals surface area contributed by atoms with E-state index in [-0.39, 0.29) is 0 Å². The average molecular weight is 323 g/mol. The topological polar surface area (TPSA) is 87.2 Å². The molecule has 24 heavy (non-hydrogen) atoms. The van der Waals surface area contributed by atoms with Crippen molar-refractivity contribution < 1.29 is 14.3 Å². The van der Waals surface area contributed by atoms with Crippen molar-refractivity contribution in [3.8, 4) is 5.69 Å². The molecule has 0 bridgehead atoms. The van der Waals surface area contributed by atoms with E-state index in [1.54, 1.807) is 12.1 Å². The normalized spacial score (nSPS) is 12.1. The molecule has 1 amide bonds. The summed E-state index contributed by atoms with van der Waals surface area (Å²) in [7, 11) is 0. The van der Waals surface area contributed by atoms with Crippen LogP contribution < -0.4 is 5.73 Å². The Kier molecular flexibility index (Phi) is 4.04. The molecule has 0 aliphatic rings. The van der Waals surface area contributed by atoms with E-state index < -0.39 is 18.0 Å². The third-order valence-corrected chi connectivity index (χ3v) is 3.76. The molecule has 0 aliphatic heterocycles. The Bertz CT molecular complexity index is 916. The van der Waals surface area contributed by atoms with Crippen molar-refractivity contribution >= 4 is 22.9 Å². The van der Waals surface area contributed by atoms with Crippen molar-refractivity contribution in [2.45, 2.75) is 20.0 Å². The average Bonchev–Trinajstić information content (AvgIpc) is 2.90. The van der Waals surface area contributed by atoms with Crippen LogP contribution >= 0.6 is 0 Å². The fourth-order valence-electron chi connectivity index (χ4n) is 2.52. The molecule has 0 saturated heterocycles. The predicted octanol–water partition coefficient (Wildman–Crippen LogP) is 2.36. The number of benzene rings is 2. The number of imidazole rings is 1. The van der Waals surface area contributed by atoms with Crippen molar-refractivity contribution in [3.63, 3.8) is 0 Å². The minimum absolute atomic E-state index is 0.327. The van der Waals surface area contributed by atoms with E-state index in [1.165, 1.54) is 6.92 Å². The number of primary amides is 1. The number of fused-ring (bicyclic) bond motifs is 1. The number of rotatable bonds is 4. The molecule has 0 unspecified atom stereocenters. The van der Waals surface area contributed by atoms with E-state index in [4.69, 9.17) is 10.5 Å². The van der Waals surface area contributed by atoms with Crippen molar-refractivity contribution in [3.05, 3.63) is 59.9 Å². The lowest BCUT2D eigenvalue weighted by atomic mass is 10.2. The summed E-state index contributed by atoms with van der Waals surface area (Å²) in [6.07, 6.45) is -0.975. The van der Waals surface area contributed by atoms with Crippen molar-refractivity contribution in [2.24, 2.45) is 5.73 Å². The maximum absolute atomic E-state index is 12.1. The standard InChI is InChI=1S/C18H17N3O3/c1-11(17(19)22)24-18(23)13-8-9-16-15(10-13)20-12(2)21(16)14-6-4-3-5-7-14/h3-11H,1-2H3,(H2,19,22)/t11-/m0/s1. The van der Waals surface area contributed by atoms with Crippen LogP contribution in [0.3, 0.4) is 0 Å². The number of nitrogens with two attached hydrogens (primary N) is 1. The van der Waals surface area contributed by atoms with Crippen molar-refractivity contribution in [2.75, 3.05) is 0 Å². The van der Waals surface area contributed by atoms with Crippen LogP contribution in [0.2, 0.25) is 0 Å². The Hall–Kier alpha value is -3.15. The number of nitrogens with zero attached hydrogens (tertiary/aromatic N) is 2. The molecular weight excluding hydrogens is 306 g/mol. The fourth-order valence-corrected chi connectivity index (χ4v) is 2.52. The largest absolute Gasteiger partial charge is 0.449 e. The Morgan fingerprint density at radius 3 is 2.54 bits per heavy atom. The minimum Gasteiger partial charge on any atom is -0.449 e. The maximum atomic E-state index is 12.1. The monoisotopic (exact) mass is 323 g/mol. The van der Waals surface area contributed by atoms with Crippen LogP contribution in [0.15, 0.2) is 48.5 Å². The van der Waals surface area contributed by atoms with Gasteiger partial charge in [0, 0.05) is 5.69 Å². The molecule has 122 valence electrons. The number of hydrogen-bond acceptors (Lipinski definition) is 4. The second kappa shape index (κ2) is 6.16. The molecule has 1 aromatic heterocycles. The van der Waals surface area contributed by atoms with Gasteiger partial charge < -0.3 is 10.5 Å². The van der Waals surface area contributed by atoms with Crippen LogP contribution in [-0.2, 0) is 9.53 Å². The lowest BCUT2D eigenvalue weighted by molar-refractivity contribution is -0.125. The summed E-state index contributed by atoms with van der Waals surface area (Å²) in [6.45, 7) is 3.34. The van der Waals surface area contributed by atoms with Crippen LogP contribution in [0, 0.1) is 6.92 Å². The van der Waals surface area contributed by atoms with Gasteiger partial charge in [-0.15, -0.1) is 0 Å². The summed E-state index contributed by atoms with van der Waals surface area (Å²) < 4.78 is 7.03. The molecule has 0 aliphatic carbocycles. The van der Waals surface area contributed by atoms with E-state index in [1.807, 2.05) is 47.9 Å².